The molecule has 0 aromatic heterocycles. The SMILES string of the molecule is CC(C)C[C@H](N)C(=O)O.CC(C)[C@H](N)C(=O)O.CC[C@H](C)[C@H](N)C(=O)O.COc1cc(/C=C/C(=O)CC(=O)/C=C/c2ccc(O)c(OC)c2)ccc1O. The second-order valence-electron chi connectivity index (χ2n) is 12.6. The van der Waals surface area contributed by atoms with E-state index in [9.17, 15) is 34.2 Å². The van der Waals surface area contributed by atoms with Gasteiger partial charge in [-0.05, 0) is 71.7 Å². The smallest absolute Gasteiger partial charge is 0.320 e. The molecule has 0 fully saturated rings. The second-order valence-corrected chi connectivity index (χ2v) is 12.6. The molecule has 0 heterocycles. The van der Waals surface area contributed by atoms with Gasteiger partial charge in [-0.25, -0.2) is 0 Å². The van der Waals surface area contributed by atoms with Crippen LogP contribution in [0.25, 0.3) is 12.2 Å². The summed E-state index contributed by atoms with van der Waals surface area (Å²) in [5.41, 5.74) is 17.0. The maximum Gasteiger partial charge on any atom is 0.320 e. The van der Waals surface area contributed by atoms with E-state index in [2.05, 4.69) is 0 Å². The van der Waals surface area contributed by atoms with Gasteiger partial charge in [0.1, 0.15) is 18.1 Å². The third-order valence-electron chi connectivity index (χ3n) is 7.27. The van der Waals surface area contributed by atoms with Gasteiger partial charge in [-0.15, -0.1) is 0 Å². The number of carbonyl (C=O) groups excluding carboxylic acids is 2. The van der Waals surface area contributed by atoms with Crippen LogP contribution < -0.4 is 26.7 Å². The Kier molecular flexibility index (Phi) is 24.9. The molecule has 2 rings (SSSR count). The van der Waals surface area contributed by atoms with E-state index in [1.54, 1.807) is 50.3 Å². The van der Waals surface area contributed by atoms with E-state index in [0.717, 1.165) is 6.42 Å². The summed E-state index contributed by atoms with van der Waals surface area (Å²) in [5.74, 6) is -2.39. The highest BCUT2D eigenvalue weighted by molar-refractivity contribution is 6.10. The monoisotopic (exact) mass is 747 g/mol. The molecule has 2 aromatic carbocycles. The number of methoxy groups -OCH3 is 2. The highest BCUT2D eigenvalue weighted by Gasteiger charge is 2.17. The molecule has 0 aliphatic heterocycles. The predicted molar refractivity (Wildman–Crippen MR) is 203 cm³/mol. The number of aliphatic carboxylic acids is 3. The van der Waals surface area contributed by atoms with Crippen LogP contribution in [0.1, 0.15) is 71.9 Å². The van der Waals surface area contributed by atoms with Gasteiger partial charge in [0.05, 0.1) is 20.6 Å². The lowest BCUT2D eigenvalue weighted by Crippen LogP contribution is -2.36. The van der Waals surface area contributed by atoms with Crippen LogP contribution in [0.5, 0.6) is 23.0 Å². The molecule has 296 valence electrons. The van der Waals surface area contributed by atoms with Gasteiger partial charge >= 0.3 is 17.9 Å². The summed E-state index contributed by atoms with van der Waals surface area (Å²) in [4.78, 5) is 54.2. The Hall–Kier alpha value is -5.25. The van der Waals surface area contributed by atoms with Crippen molar-refractivity contribution in [1.29, 1.82) is 0 Å². The first kappa shape index (κ1) is 49.9. The number of allylic oxidation sites excluding steroid dienone is 2. The van der Waals surface area contributed by atoms with E-state index < -0.39 is 36.0 Å². The van der Waals surface area contributed by atoms with E-state index in [-0.39, 0.29) is 41.3 Å². The Bertz CT molecular complexity index is 1450. The van der Waals surface area contributed by atoms with Crippen molar-refractivity contribution >= 4 is 41.6 Å². The Morgan fingerprint density at radius 3 is 1.30 bits per heavy atom. The number of hydrogen-bond donors (Lipinski definition) is 8. The maximum atomic E-state index is 11.9. The average Bonchev–Trinajstić information content (AvgIpc) is 3.10. The summed E-state index contributed by atoms with van der Waals surface area (Å²) < 4.78 is 10.00. The fourth-order valence-corrected chi connectivity index (χ4v) is 3.65. The number of nitrogens with two attached hydrogens (primary N) is 3. The zero-order valence-electron chi connectivity index (χ0n) is 31.7. The van der Waals surface area contributed by atoms with Gasteiger partial charge < -0.3 is 52.2 Å². The van der Waals surface area contributed by atoms with E-state index in [0.29, 0.717) is 35.0 Å². The van der Waals surface area contributed by atoms with E-state index in [4.69, 9.17) is 42.0 Å². The lowest BCUT2D eigenvalue weighted by molar-refractivity contribution is -0.140. The van der Waals surface area contributed by atoms with Crippen molar-refractivity contribution in [1.82, 2.24) is 0 Å². The number of carbonyl (C=O) groups is 5. The summed E-state index contributed by atoms with van der Waals surface area (Å²) >= 11 is 0. The molecule has 4 atom stereocenters. The van der Waals surface area contributed by atoms with Crippen LogP contribution in [0.3, 0.4) is 0 Å². The molecule has 0 radical (unpaired) electrons. The topological polar surface area (TPSA) is 283 Å². The average molecular weight is 748 g/mol. The molecule has 0 unspecified atom stereocenters. The fraction of sp³-hybridized carbons (Fsp3) is 0.447. The molecule has 0 bridgehead atoms. The molecule has 0 saturated carbocycles. The standard InChI is InChI=1S/C21H20O6.2C6H13NO2.C5H11NO2/c1-26-20-11-14(5-9-18(20)24)3-7-16(22)13-17(23)8-4-15-6-10-19(25)21(12-15)27-2;1-4(2)3-5(7)6(8)9;1-3-4(2)5(7)6(8)9;1-3(2)4(6)5(7)8/h3-12,24-25H,13H2,1-2H3;2*4-5H,3,7H2,1-2H3,(H,8,9);3-4H,6H2,1-2H3,(H,7,8)/b7-3+,8-4+;;;/t;5-;4-,5-;4-/m.000/s1. The number of carboxylic acids is 3. The Balaban J connectivity index is 0. The molecule has 11 N–H and O–H groups in total. The summed E-state index contributed by atoms with van der Waals surface area (Å²) in [5, 5.41) is 44.0. The van der Waals surface area contributed by atoms with Crippen molar-refractivity contribution in [2.75, 3.05) is 14.2 Å². The number of hydrogen-bond acceptors (Lipinski definition) is 12. The van der Waals surface area contributed by atoms with Crippen LogP contribution in [0, 0.1) is 17.8 Å². The predicted octanol–water partition coefficient (Wildman–Crippen LogP) is 4.31. The second kappa shape index (κ2) is 26.5. The van der Waals surface area contributed by atoms with Crippen molar-refractivity contribution < 1.29 is 59.0 Å². The van der Waals surface area contributed by atoms with Crippen LogP contribution >= 0.6 is 0 Å². The van der Waals surface area contributed by atoms with Gasteiger partial charge in [0.2, 0.25) is 0 Å². The zero-order chi connectivity index (χ0) is 41.4. The molecule has 2 aromatic rings. The summed E-state index contributed by atoms with van der Waals surface area (Å²) in [6, 6.07) is 7.24. The van der Waals surface area contributed by atoms with Gasteiger partial charge in [-0.2, -0.15) is 0 Å². The van der Waals surface area contributed by atoms with Crippen molar-refractivity contribution in [3.05, 3.63) is 59.7 Å². The first-order valence-electron chi connectivity index (χ1n) is 16.7. The van der Waals surface area contributed by atoms with Crippen molar-refractivity contribution in [2.45, 2.75) is 78.9 Å². The van der Waals surface area contributed by atoms with Crippen molar-refractivity contribution in [3.8, 4) is 23.0 Å². The van der Waals surface area contributed by atoms with Gasteiger partial charge in [-0.1, -0.05) is 72.2 Å². The van der Waals surface area contributed by atoms with Crippen LogP contribution in [-0.2, 0) is 24.0 Å². The first-order chi connectivity index (χ1) is 24.6. The van der Waals surface area contributed by atoms with Crippen LogP contribution in [0.2, 0.25) is 0 Å². The molecule has 0 spiro atoms. The number of carboxylic acid groups (broad SMARTS) is 3. The number of aromatic hydroxyl groups is 2. The highest BCUT2D eigenvalue weighted by atomic mass is 16.5. The normalized spacial score (nSPS) is 12.9. The number of ether oxygens (including phenoxy) is 2. The third-order valence-corrected chi connectivity index (χ3v) is 7.27. The number of phenolic OH excluding ortho intramolecular Hbond substituents is 2. The summed E-state index contributed by atoms with van der Waals surface area (Å²) in [6.45, 7) is 11.2. The fourth-order valence-electron chi connectivity index (χ4n) is 3.65. The third kappa shape index (κ3) is 22.3. The van der Waals surface area contributed by atoms with Gasteiger partial charge in [0.25, 0.3) is 0 Å². The number of benzene rings is 2. The minimum Gasteiger partial charge on any atom is -0.504 e. The summed E-state index contributed by atoms with van der Waals surface area (Å²) in [7, 11) is 2.87. The summed E-state index contributed by atoms with van der Waals surface area (Å²) in [6.07, 6.45) is 6.81. The highest BCUT2D eigenvalue weighted by Crippen LogP contribution is 2.27. The number of ketones is 2. The largest absolute Gasteiger partial charge is 0.504 e. The Morgan fingerprint density at radius 1 is 0.679 bits per heavy atom. The molecule has 0 saturated heterocycles. The lowest BCUT2D eigenvalue weighted by Gasteiger charge is -2.11. The van der Waals surface area contributed by atoms with Crippen molar-refractivity contribution in [2.24, 2.45) is 35.0 Å². The molecule has 15 nitrogen and oxygen atoms in total. The molecular formula is C38H57N3O12. The van der Waals surface area contributed by atoms with Gasteiger partial charge in [-0.3, -0.25) is 24.0 Å². The van der Waals surface area contributed by atoms with Crippen LogP contribution in [-0.4, -0.2) is 87.4 Å². The maximum absolute atomic E-state index is 11.9. The minimum absolute atomic E-state index is 0.00662. The van der Waals surface area contributed by atoms with E-state index in [1.807, 2.05) is 27.7 Å². The molecule has 0 amide bonds. The van der Waals surface area contributed by atoms with Gasteiger partial charge in [0, 0.05) is 0 Å². The first-order valence-corrected chi connectivity index (χ1v) is 16.7. The Labute approximate surface area is 311 Å². The van der Waals surface area contributed by atoms with Crippen LogP contribution in [0.4, 0.5) is 0 Å². The molecule has 15 heteroatoms. The molecule has 0 aliphatic rings. The number of rotatable bonds is 16. The molecule has 0 aliphatic carbocycles. The van der Waals surface area contributed by atoms with Gasteiger partial charge in [0.15, 0.2) is 34.6 Å². The zero-order valence-corrected chi connectivity index (χ0v) is 31.7. The van der Waals surface area contributed by atoms with E-state index in [1.165, 1.54) is 38.5 Å². The Morgan fingerprint density at radius 2 is 1.08 bits per heavy atom. The molecule has 53 heavy (non-hydrogen) atoms. The van der Waals surface area contributed by atoms with Crippen molar-refractivity contribution in [3.63, 3.8) is 0 Å². The van der Waals surface area contributed by atoms with E-state index >= 15 is 0 Å². The minimum atomic E-state index is -0.931. The molecular weight excluding hydrogens is 690 g/mol. The number of phenols is 2. The lowest BCUT2D eigenvalue weighted by atomic mass is 10.0. The van der Waals surface area contributed by atoms with Crippen LogP contribution in [0.15, 0.2) is 48.6 Å². The quantitative estimate of drug-likeness (QED) is 0.0877.